The lowest BCUT2D eigenvalue weighted by Crippen LogP contribution is -2.59. The Labute approximate surface area is 166 Å². The quantitative estimate of drug-likeness (QED) is 0.313. The maximum absolute atomic E-state index is 12.8. The summed E-state index contributed by atoms with van der Waals surface area (Å²) in [5.74, 6) is -0.571. The highest BCUT2D eigenvalue weighted by Crippen LogP contribution is 2.57. The van der Waals surface area contributed by atoms with Crippen molar-refractivity contribution in [3.8, 4) is 5.75 Å². The van der Waals surface area contributed by atoms with Crippen molar-refractivity contribution in [3.63, 3.8) is 0 Å². The highest BCUT2D eigenvalue weighted by molar-refractivity contribution is 7.88. The fourth-order valence-corrected chi connectivity index (χ4v) is 6.06. The SMILES string of the molecule is CN1CC[C@]23CCCC[C@H]2[C@H]1Cc1cc([N+](=O)[O-])c(OS(=O)(=O)C(F)(F)F)cc13. The van der Waals surface area contributed by atoms with Crippen molar-refractivity contribution in [2.45, 2.75) is 55.5 Å². The van der Waals surface area contributed by atoms with Crippen molar-refractivity contribution in [1.29, 1.82) is 0 Å². The molecule has 0 aromatic heterocycles. The van der Waals surface area contributed by atoms with Gasteiger partial charge in [-0.1, -0.05) is 12.8 Å². The Morgan fingerprint density at radius 1 is 1.28 bits per heavy atom. The van der Waals surface area contributed by atoms with Crippen molar-refractivity contribution in [2.24, 2.45) is 5.92 Å². The third-order valence-corrected chi connectivity index (χ3v) is 7.83. The molecule has 2 bridgehead atoms. The second-order valence-electron chi connectivity index (χ2n) is 8.23. The minimum atomic E-state index is -6.01. The van der Waals surface area contributed by atoms with Gasteiger partial charge in [-0.15, -0.1) is 0 Å². The second kappa shape index (κ2) is 6.56. The number of fused-ring (bicyclic) bond motifs is 1. The van der Waals surface area contributed by atoms with Crippen LogP contribution in [0, 0.1) is 16.0 Å². The van der Waals surface area contributed by atoms with Gasteiger partial charge in [-0.2, -0.15) is 21.6 Å². The molecule has 2 aliphatic carbocycles. The van der Waals surface area contributed by atoms with Crippen molar-refractivity contribution >= 4 is 15.8 Å². The van der Waals surface area contributed by atoms with Crippen LogP contribution in [0.5, 0.6) is 5.75 Å². The number of piperidine rings is 1. The van der Waals surface area contributed by atoms with Gasteiger partial charge in [-0.3, -0.25) is 10.1 Å². The van der Waals surface area contributed by atoms with E-state index in [0.717, 1.165) is 38.6 Å². The summed E-state index contributed by atoms with van der Waals surface area (Å²) < 4.78 is 65.8. The molecule has 1 aromatic carbocycles. The van der Waals surface area contributed by atoms with E-state index in [0.29, 0.717) is 17.5 Å². The number of halogens is 3. The first-order valence-corrected chi connectivity index (χ1v) is 10.9. The molecule has 0 N–H and O–H groups in total. The Balaban J connectivity index is 1.88. The van der Waals surface area contributed by atoms with E-state index in [1.165, 1.54) is 12.1 Å². The van der Waals surface area contributed by atoms with Crippen molar-refractivity contribution in [2.75, 3.05) is 13.6 Å². The summed E-state index contributed by atoms with van der Waals surface area (Å²) in [4.78, 5) is 12.8. The van der Waals surface area contributed by atoms with E-state index in [1.54, 1.807) is 0 Å². The predicted octanol–water partition coefficient (Wildman–Crippen LogP) is 3.51. The topological polar surface area (TPSA) is 89.8 Å². The number of benzene rings is 1. The van der Waals surface area contributed by atoms with Gasteiger partial charge in [0.25, 0.3) is 0 Å². The van der Waals surface area contributed by atoms with Crippen LogP contribution < -0.4 is 4.18 Å². The van der Waals surface area contributed by atoms with E-state index in [4.69, 9.17) is 0 Å². The normalized spacial score (nSPS) is 29.7. The molecule has 0 spiro atoms. The van der Waals surface area contributed by atoms with Crippen LogP contribution in [-0.4, -0.2) is 43.4 Å². The van der Waals surface area contributed by atoms with Crippen LogP contribution in [0.25, 0.3) is 0 Å². The maximum atomic E-state index is 12.8. The Bertz CT molecular complexity index is 965. The van der Waals surface area contributed by atoms with E-state index in [1.807, 2.05) is 7.05 Å². The lowest BCUT2D eigenvalue weighted by Gasteiger charge is -2.58. The van der Waals surface area contributed by atoms with Gasteiger partial charge in [0.05, 0.1) is 4.92 Å². The zero-order valence-corrected chi connectivity index (χ0v) is 16.6. The number of hydrogen-bond donors (Lipinski definition) is 0. The van der Waals surface area contributed by atoms with Gasteiger partial charge in [0.1, 0.15) is 0 Å². The molecule has 7 nitrogen and oxygen atoms in total. The summed E-state index contributed by atoms with van der Waals surface area (Å²) in [6.45, 7) is 0.814. The molecule has 160 valence electrons. The lowest BCUT2D eigenvalue weighted by atomic mass is 9.52. The van der Waals surface area contributed by atoms with Crippen LogP contribution in [-0.2, 0) is 22.0 Å². The fourth-order valence-electron chi connectivity index (χ4n) is 5.60. The van der Waals surface area contributed by atoms with Crippen molar-refractivity contribution in [1.82, 2.24) is 4.90 Å². The average molecular weight is 434 g/mol. The number of likely N-dealkylation sites (N-methyl/N-ethyl adjacent to an activating group) is 1. The first-order valence-electron chi connectivity index (χ1n) is 9.49. The summed E-state index contributed by atoms with van der Waals surface area (Å²) >= 11 is 0. The monoisotopic (exact) mass is 434 g/mol. The number of alkyl halides is 3. The van der Waals surface area contributed by atoms with Gasteiger partial charge in [0.2, 0.25) is 5.75 Å². The molecular formula is C18H21F3N2O5S. The third-order valence-electron chi connectivity index (χ3n) is 6.87. The predicted molar refractivity (Wildman–Crippen MR) is 97.1 cm³/mol. The van der Waals surface area contributed by atoms with E-state index >= 15 is 0 Å². The highest BCUT2D eigenvalue weighted by atomic mass is 32.2. The molecule has 1 saturated carbocycles. The average Bonchev–Trinajstić information content (AvgIpc) is 2.63. The molecule has 1 heterocycles. The van der Waals surface area contributed by atoms with Crippen molar-refractivity contribution in [3.05, 3.63) is 33.4 Å². The number of rotatable bonds is 3. The highest BCUT2D eigenvalue weighted by Gasteiger charge is 2.54. The van der Waals surface area contributed by atoms with Crippen LogP contribution in [0.1, 0.15) is 43.2 Å². The number of nitrogens with zero attached hydrogens (tertiary/aromatic N) is 2. The number of hydrogen-bond acceptors (Lipinski definition) is 6. The van der Waals surface area contributed by atoms with Crippen molar-refractivity contribution < 1.29 is 30.7 Å². The Morgan fingerprint density at radius 3 is 2.66 bits per heavy atom. The van der Waals surface area contributed by atoms with E-state index in [9.17, 15) is 31.7 Å². The summed E-state index contributed by atoms with van der Waals surface area (Å²) in [5.41, 5.74) is -5.32. The molecule has 11 heteroatoms. The number of likely N-dealkylation sites (tertiary alicyclic amines) is 1. The number of nitro groups is 1. The fraction of sp³-hybridized carbons (Fsp3) is 0.667. The van der Waals surface area contributed by atoms with Crippen LogP contribution in [0.15, 0.2) is 12.1 Å². The molecule has 0 amide bonds. The first-order chi connectivity index (χ1) is 13.5. The maximum Gasteiger partial charge on any atom is 0.534 e. The van der Waals surface area contributed by atoms with E-state index < -0.39 is 32.0 Å². The zero-order chi connectivity index (χ0) is 21.2. The standard InChI is InChI=1S/C18H21F3N2O5S/c1-22-7-6-17-5-3-2-4-12(17)14(22)8-11-9-15(23(24)25)16(10-13(11)17)28-29(26,27)18(19,20)21/h9-10,12,14H,2-8H2,1H3/t12-,14+,17+/m0/s1. The van der Waals surface area contributed by atoms with Crippen LogP contribution >= 0.6 is 0 Å². The zero-order valence-electron chi connectivity index (χ0n) is 15.7. The van der Waals surface area contributed by atoms with Gasteiger partial charge >= 0.3 is 21.3 Å². The molecule has 29 heavy (non-hydrogen) atoms. The molecule has 2 fully saturated rings. The Morgan fingerprint density at radius 2 is 2.00 bits per heavy atom. The largest absolute Gasteiger partial charge is 0.534 e. The molecule has 1 aromatic rings. The number of nitro benzene ring substituents is 1. The molecule has 1 aliphatic heterocycles. The van der Waals surface area contributed by atoms with Crippen LogP contribution in [0.2, 0.25) is 0 Å². The summed E-state index contributed by atoms with van der Waals surface area (Å²) in [6.07, 6.45) is 5.15. The van der Waals surface area contributed by atoms with Gasteiger partial charge in [0.15, 0.2) is 0 Å². The molecular weight excluding hydrogens is 413 g/mol. The lowest BCUT2D eigenvalue weighted by molar-refractivity contribution is -0.385. The van der Waals surface area contributed by atoms with Crippen LogP contribution in [0.3, 0.4) is 0 Å². The minimum absolute atomic E-state index is 0.210. The minimum Gasteiger partial charge on any atom is -0.369 e. The van der Waals surface area contributed by atoms with Gasteiger partial charge in [-0.05, 0) is 62.4 Å². The summed E-state index contributed by atoms with van der Waals surface area (Å²) in [7, 11) is -3.98. The Hall–Kier alpha value is -1.88. The third kappa shape index (κ3) is 3.09. The second-order valence-corrected chi connectivity index (χ2v) is 9.77. The van der Waals surface area contributed by atoms with E-state index in [2.05, 4.69) is 9.08 Å². The molecule has 0 radical (unpaired) electrons. The van der Waals surface area contributed by atoms with Gasteiger partial charge in [0, 0.05) is 17.5 Å². The first kappa shape index (κ1) is 20.4. The molecule has 3 aliphatic rings. The molecule has 3 atom stereocenters. The Kier molecular flexibility index (Phi) is 4.61. The van der Waals surface area contributed by atoms with E-state index in [-0.39, 0.29) is 17.4 Å². The summed E-state index contributed by atoms with van der Waals surface area (Å²) in [5, 5.41) is 11.5. The molecule has 1 saturated heterocycles. The smallest absolute Gasteiger partial charge is 0.369 e. The molecule has 0 unspecified atom stereocenters. The van der Waals surface area contributed by atoms with Crippen LogP contribution in [0.4, 0.5) is 18.9 Å². The molecule has 4 rings (SSSR count). The van der Waals surface area contributed by atoms with Gasteiger partial charge < -0.3 is 9.08 Å². The van der Waals surface area contributed by atoms with Gasteiger partial charge in [-0.25, -0.2) is 0 Å². The summed E-state index contributed by atoms with van der Waals surface area (Å²) in [6, 6.07) is 2.60.